The van der Waals surface area contributed by atoms with Crippen LogP contribution in [0.4, 0.5) is 0 Å². The third-order valence-corrected chi connectivity index (χ3v) is 0. The van der Waals surface area contributed by atoms with Crippen molar-refractivity contribution in [1.82, 2.24) is 0 Å². The van der Waals surface area contributed by atoms with Gasteiger partial charge in [-0.2, -0.15) is 0 Å². The van der Waals surface area contributed by atoms with Crippen LogP contribution in [0.2, 0.25) is 0 Å². The number of hydrogen-bond donors (Lipinski definition) is 0. The fourth-order valence-electron chi connectivity index (χ4n) is 0. The van der Waals surface area contributed by atoms with Crippen molar-refractivity contribution >= 4 is 17.4 Å². The third-order valence-electron chi connectivity index (χ3n) is 0. The first-order valence-electron chi connectivity index (χ1n) is 0. The van der Waals surface area contributed by atoms with E-state index in [0.717, 1.165) is 0 Å². The van der Waals surface area contributed by atoms with Crippen molar-refractivity contribution in [3.8, 4) is 0 Å². The average molecular weight is 442 g/mol. The topological polar surface area (TPSA) is 0 Å². The molecule has 0 nitrogen and oxygen atoms in total. The van der Waals surface area contributed by atoms with E-state index in [9.17, 15) is 0 Å². The maximum atomic E-state index is 0. The molecule has 0 N–H and O–H groups in total. The zero-order chi connectivity index (χ0) is 0. The molecule has 0 unspecified atom stereocenters. The molecule has 0 aromatic rings. The Labute approximate surface area is 148 Å². The Morgan fingerprint density at radius 1 is 0.273 bits per heavy atom. The zero-order valence-corrected chi connectivity index (χ0v) is 14.4. The van der Waals surface area contributed by atoms with E-state index in [4.69, 9.17) is 0 Å². The summed E-state index contributed by atoms with van der Waals surface area (Å²) in [7, 11) is 0. The molecule has 0 aliphatic heterocycles. The molecule has 0 saturated heterocycles. The van der Waals surface area contributed by atoms with E-state index in [-0.39, 0.29) is 150 Å². The Morgan fingerprint density at radius 3 is 0.273 bits per heavy atom. The van der Waals surface area contributed by atoms with Crippen LogP contribution in [0.3, 0.4) is 0 Å². The van der Waals surface area contributed by atoms with Crippen LogP contribution in [0.1, 0.15) is 0 Å². The van der Waals surface area contributed by atoms with Crippen molar-refractivity contribution in [1.29, 1.82) is 0 Å². The Kier molecular flexibility index (Phi) is 2730. The zero-order valence-electron chi connectivity index (χ0n) is 4.39. The first-order valence-corrected chi connectivity index (χ1v) is 0. The van der Waals surface area contributed by atoms with Crippen LogP contribution < -0.4 is 112 Å². The van der Waals surface area contributed by atoms with Crippen molar-refractivity contribution in [3.05, 3.63) is 0 Å². The molecule has 11 heavy (non-hydrogen) atoms. The molecule has 0 aliphatic carbocycles. The molecule has 0 heterocycles. The fourth-order valence-corrected chi connectivity index (χ4v) is 0. The van der Waals surface area contributed by atoms with Crippen molar-refractivity contribution < 1.29 is 133 Å². The Bertz CT molecular complexity index is 9.52. The molecule has 11 heteroatoms. The second-order valence-electron chi connectivity index (χ2n) is 0. The van der Waals surface area contributed by atoms with Crippen molar-refractivity contribution in [2.45, 2.75) is 0 Å². The molecule has 0 atom stereocenters. The van der Waals surface area contributed by atoms with E-state index in [1.165, 1.54) is 0 Å². The van der Waals surface area contributed by atoms with E-state index in [1.54, 1.807) is 0 Å². The van der Waals surface area contributed by atoms with Crippen molar-refractivity contribution in [2.24, 2.45) is 0 Å². The Balaban J connectivity index is 0. The van der Waals surface area contributed by atoms with Crippen LogP contribution in [0.15, 0.2) is 0 Å². The Hall–Kier alpha value is 3.83. The van der Waals surface area contributed by atoms with Gasteiger partial charge in [0.2, 0.25) is 0 Å². The van der Waals surface area contributed by atoms with Gasteiger partial charge in [-0.05, 0) is 0 Å². The molecular weight excluding hydrogens is 442 g/mol. The van der Waals surface area contributed by atoms with Gasteiger partial charge in [-0.25, -0.2) is 0 Å². The molecular formula is AlCl9Mo-6. The molecule has 0 spiro atoms. The number of hydrogen-bond acceptors (Lipinski definition) is 0. The van der Waals surface area contributed by atoms with Gasteiger partial charge in [0.05, 0.1) is 0 Å². The minimum atomic E-state index is 0. The minimum absolute atomic E-state index is 0. The molecule has 0 aromatic heterocycles. The summed E-state index contributed by atoms with van der Waals surface area (Å²) in [6.45, 7) is 0. The summed E-state index contributed by atoms with van der Waals surface area (Å²) in [6, 6.07) is 0. The summed E-state index contributed by atoms with van der Waals surface area (Å²) in [5, 5.41) is 0. The standard InChI is InChI=1S/Al.9ClH.Mo/h;9*1H;/q+3;;;;;;;;;;/p-9. The first kappa shape index (κ1) is 193. The molecule has 0 bridgehead atoms. The summed E-state index contributed by atoms with van der Waals surface area (Å²) < 4.78 is 0. The molecule has 0 rings (SSSR count). The second kappa shape index (κ2) is 155. The number of rotatable bonds is 0. The van der Waals surface area contributed by atoms with Crippen LogP contribution in [0, 0.1) is 0 Å². The van der Waals surface area contributed by atoms with E-state index in [0.29, 0.717) is 0 Å². The van der Waals surface area contributed by atoms with Crippen LogP contribution >= 0.6 is 0 Å². The second-order valence-corrected chi connectivity index (χ2v) is 0. The van der Waals surface area contributed by atoms with Gasteiger partial charge < -0.3 is 112 Å². The van der Waals surface area contributed by atoms with Gasteiger partial charge in [0, 0.05) is 21.1 Å². The Morgan fingerprint density at radius 2 is 0.273 bits per heavy atom. The van der Waals surface area contributed by atoms with Crippen molar-refractivity contribution in [2.75, 3.05) is 0 Å². The number of halogens is 9. The van der Waals surface area contributed by atoms with Crippen LogP contribution in [-0.4, -0.2) is 17.4 Å². The quantitative estimate of drug-likeness (QED) is 0.328. The van der Waals surface area contributed by atoms with Crippen molar-refractivity contribution in [3.63, 3.8) is 0 Å². The summed E-state index contributed by atoms with van der Waals surface area (Å²) in [5.41, 5.74) is 0. The van der Waals surface area contributed by atoms with Gasteiger partial charge in [-0.15, -0.1) is 0 Å². The molecule has 0 aromatic carbocycles. The predicted octanol–water partition coefficient (Wildman–Crippen LogP) is -27.3. The summed E-state index contributed by atoms with van der Waals surface area (Å²) in [5.74, 6) is 0. The molecule has 0 saturated carbocycles. The fraction of sp³-hybridized carbons (Fsp3) is 0. The van der Waals surface area contributed by atoms with Gasteiger partial charge in [-0.1, -0.05) is 0 Å². The molecule has 0 fully saturated rings. The third kappa shape index (κ3) is 132. The molecule has 0 aliphatic rings. The van der Waals surface area contributed by atoms with E-state index in [1.807, 2.05) is 0 Å². The normalized spacial score (nSPS) is 0. The maximum Gasteiger partial charge on any atom is 3.00 e. The molecule has 0 radical (unpaired) electrons. The maximum absolute atomic E-state index is 0. The summed E-state index contributed by atoms with van der Waals surface area (Å²) in [4.78, 5) is 0. The van der Waals surface area contributed by atoms with Gasteiger partial charge in [0.25, 0.3) is 0 Å². The monoisotopic (exact) mass is 440 g/mol. The van der Waals surface area contributed by atoms with Gasteiger partial charge >= 0.3 is 17.4 Å². The first-order chi connectivity index (χ1) is 0. The van der Waals surface area contributed by atoms with Crippen LogP contribution in [0.25, 0.3) is 0 Å². The SMILES string of the molecule is [Al+3].[Cl-].[Cl-].[Cl-].[Cl-].[Cl-].[Cl-].[Cl-].[Cl-].[Cl-].[Mo]. The average Bonchev–Trinajstić information content (AvgIpc) is 0. The molecule has 0 amide bonds. The van der Waals surface area contributed by atoms with E-state index >= 15 is 0 Å². The summed E-state index contributed by atoms with van der Waals surface area (Å²) in [6.07, 6.45) is 0. The minimum Gasteiger partial charge on any atom is -1.00 e. The smallest absolute Gasteiger partial charge is 1.00 e. The van der Waals surface area contributed by atoms with Gasteiger partial charge in [-0.3, -0.25) is 0 Å². The van der Waals surface area contributed by atoms with Gasteiger partial charge in [0.15, 0.2) is 0 Å². The summed E-state index contributed by atoms with van der Waals surface area (Å²) >= 11 is 0. The van der Waals surface area contributed by atoms with Crippen LogP contribution in [-0.2, 0) is 21.1 Å². The predicted molar refractivity (Wildman–Crippen MR) is 5.75 cm³/mol. The van der Waals surface area contributed by atoms with E-state index in [2.05, 4.69) is 0 Å². The van der Waals surface area contributed by atoms with Gasteiger partial charge in [0.1, 0.15) is 0 Å². The van der Waals surface area contributed by atoms with Crippen LogP contribution in [0.5, 0.6) is 0 Å². The largest absolute Gasteiger partial charge is 3.00 e. The van der Waals surface area contributed by atoms with E-state index < -0.39 is 0 Å². The molecule has 78 valence electrons.